The lowest BCUT2D eigenvalue weighted by molar-refractivity contribution is -0.386. The van der Waals surface area contributed by atoms with E-state index in [4.69, 9.17) is 10.00 Å². The smallest absolute Gasteiger partial charge is 0.313 e. The Morgan fingerprint density at radius 2 is 2.00 bits per heavy atom. The summed E-state index contributed by atoms with van der Waals surface area (Å²) in [6.45, 7) is 0.218. The summed E-state index contributed by atoms with van der Waals surface area (Å²) in [5.74, 6) is 0.183. The molecular weight excluding hydrogens is 451 g/mol. The van der Waals surface area contributed by atoms with E-state index in [1.54, 1.807) is 6.07 Å². The lowest BCUT2D eigenvalue weighted by atomic mass is 10.2. The number of halogens is 2. The molecule has 0 atom stereocenters. The van der Waals surface area contributed by atoms with Gasteiger partial charge in [-0.3, -0.25) is 10.1 Å². The number of nitrogens with zero attached hydrogens (tertiary/aromatic N) is 2. The highest BCUT2D eigenvalue weighted by atomic mass is 127. The molecule has 0 fully saturated rings. The maximum atomic E-state index is 11.1. The third-order valence-electron chi connectivity index (χ3n) is 2.65. The van der Waals surface area contributed by atoms with Gasteiger partial charge in [0, 0.05) is 10.5 Å². The molecule has 0 amide bonds. The number of nitro groups is 1. The predicted molar refractivity (Wildman–Crippen MR) is 89.0 cm³/mol. The number of benzene rings is 2. The molecule has 0 N–H and O–H groups in total. The van der Waals surface area contributed by atoms with E-state index in [0.717, 1.165) is 10.0 Å². The summed E-state index contributed by atoms with van der Waals surface area (Å²) in [5, 5.41) is 20.0. The summed E-state index contributed by atoms with van der Waals surface area (Å²) >= 11 is 5.27. The van der Waals surface area contributed by atoms with Crippen molar-refractivity contribution in [2.75, 3.05) is 0 Å². The van der Waals surface area contributed by atoms with E-state index in [1.807, 2.05) is 52.9 Å². The van der Waals surface area contributed by atoms with Gasteiger partial charge in [0.25, 0.3) is 0 Å². The largest absolute Gasteiger partial charge is 0.481 e. The van der Waals surface area contributed by atoms with Crippen molar-refractivity contribution in [1.82, 2.24) is 0 Å². The van der Waals surface area contributed by atoms with Crippen LogP contribution in [0.1, 0.15) is 11.1 Å². The maximum Gasteiger partial charge on any atom is 0.313 e. The Labute approximate surface area is 143 Å². The quantitative estimate of drug-likeness (QED) is 0.386. The molecule has 0 heterocycles. The molecule has 0 spiro atoms. The second-order valence-corrected chi connectivity index (χ2v) is 6.17. The van der Waals surface area contributed by atoms with Crippen molar-refractivity contribution in [1.29, 1.82) is 5.26 Å². The number of ether oxygens (including phenoxy) is 1. The molecule has 106 valence electrons. The Morgan fingerprint density at radius 1 is 1.33 bits per heavy atom. The lowest BCUT2D eigenvalue weighted by Gasteiger charge is -2.09. The normalized spacial score (nSPS) is 9.95. The van der Waals surface area contributed by atoms with E-state index in [1.165, 1.54) is 6.07 Å². The highest BCUT2D eigenvalue weighted by Crippen LogP contribution is 2.34. The molecule has 0 aliphatic carbocycles. The Morgan fingerprint density at radius 3 is 2.57 bits per heavy atom. The van der Waals surface area contributed by atoms with E-state index in [0.29, 0.717) is 3.57 Å². The van der Waals surface area contributed by atoms with Gasteiger partial charge in [0.2, 0.25) is 5.75 Å². The van der Waals surface area contributed by atoms with Crippen LogP contribution in [0.3, 0.4) is 0 Å². The molecule has 0 saturated heterocycles. The first-order valence-electron chi connectivity index (χ1n) is 5.76. The average Bonchev–Trinajstić information content (AvgIpc) is 2.46. The minimum absolute atomic E-state index is 0.183. The van der Waals surface area contributed by atoms with Crippen molar-refractivity contribution in [2.24, 2.45) is 0 Å². The fourth-order valence-electron chi connectivity index (χ4n) is 1.66. The Kier molecular flexibility index (Phi) is 5.14. The van der Waals surface area contributed by atoms with Crippen LogP contribution in [-0.4, -0.2) is 4.92 Å². The van der Waals surface area contributed by atoms with Gasteiger partial charge < -0.3 is 4.74 Å². The van der Waals surface area contributed by atoms with Crippen LogP contribution in [0.15, 0.2) is 40.9 Å². The minimum Gasteiger partial charge on any atom is -0.481 e. The van der Waals surface area contributed by atoms with Crippen LogP contribution >= 0.6 is 38.5 Å². The van der Waals surface area contributed by atoms with Gasteiger partial charge in [-0.25, -0.2) is 0 Å². The second kappa shape index (κ2) is 6.87. The summed E-state index contributed by atoms with van der Waals surface area (Å²) in [4.78, 5) is 10.6. The zero-order chi connectivity index (χ0) is 15.4. The maximum absolute atomic E-state index is 11.1. The van der Waals surface area contributed by atoms with Crippen LogP contribution in [0, 0.1) is 25.0 Å². The molecule has 7 heteroatoms. The van der Waals surface area contributed by atoms with Crippen LogP contribution in [0.5, 0.6) is 5.75 Å². The van der Waals surface area contributed by atoms with Gasteiger partial charge in [-0.05, 0) is 46.4 Å². The molecule has 2 rings (SSSR count). The highest BCUT2D eigenvalue weighted by molar-refractivity contribution is 14.1. The standard InChI is InChI=1S/C14H8BrIN2O3/c15-11-3-1-9(2-4-11)8-21-14-12(16)5-10(7-17)6-13(14)18(19)20/h1-6H,8H2. The van der Waals surface area contributed by atoms with Crippen LogP contribution in [0.4, 0.5) is 5.69 Å². The van der Waals surface area contributed by atoms with E-state index >= 15 is 0 Å². The van der Waals surface area contributed by atoms with E-state index in [2.05, 4.69) is 15.9 Å². The lowest BCUT2D eigenvalue weighted by Crippen LogP contribution is -2.01. The van der Waals surface area contributed by atoms with Crippen molar-refractivity contribution >= 4 is 44.2 Å². The second-order valence-electron chi connectivity index (χ2n) is 4.09. The van der Waals surface area contributed by atoms with Gasteiger partial charge in [-0.2, -0.15) is 5.26 Å². The highest BCUT2D eigenvalue weighted by Gasteiger charge is 2.20. The predicted octanol–water partition coefficient (Wildman–Crippen LogP) is 4.41. The zero-order valence-electron chi connectivity index (χ0n) is 10.5. The van der Waals surface area contributed by atoms with Gasteiger partial charge in [-0.15, -0.1) is 0 Å². The first-order chi connectivity index (χ1) is 10.0. The van der Waals surface area contributed by atoms with Crippen molar-refractivity contribution in [3.05, 3.63) is 65.7 Å². The SMILES string of the molecule is N#Cc1cc(I)c(OCc2ccc(Br)cc2)c([N+](=O)[O-])c1. The summed E-state index contributed by atoms with van der Waals surface area (Å²) in [5.41, 5.74) is 0.935. The molecule has 0 aliphatic heterocycles. The van der Waals surface area contributed by atoms with Crippen LogP contribution in [0.2, 0.25) is 0 Å². The van der Waals surface area contributed by atoms with Crippen LogP contribution < -0.4 is 4.74 Å². The molecule has 2 aromatic carbocycles. The first kappa shape index (κ1) is 15.7. The fourth-order valence-corrected chi connectivity index (χ4v) is 2.69. The van der Waals surface area contributed by atoms with Crippen molar-refractivity contribution in [3.8, 4) is 11.8 Å². The third-order valence-corrected chi connectivity index (χ3v) is 3.98. The Hall–Kier alpha value is -1.66. The zero-order valence-corrected chi connectivity index (χ0v) is 14.3. The molecule has 2 aromatic rings. The van der Waals surface area contributed by atoms with Crippen molar-refractivity contribution in [3.63, 3.8) is 0 Å². The monoisotopic (exact) mass is 458 g/mol. The number of nitro benzene ring substituents is 1. The van der Waals surface area contributed by atoms with E-state index < -0.39 is 4.92 Å². The van der Waals surface area contributed by atoms with Crippen molar-refractivity contribution < 1.29 is 9.66 Å². The summed E-state index contributed by atoms with van der Waals surface area (Å²) in [6.07, 6.45) is 0. The van der Waals surface area contributed by atoms with E-state index in [9.17, 15) is 10.1 Å². The number of hydrogen-bond acceptors (Lipinski definition) is 4. The molecular formula is C14H8BrIN2O3. The van der Waals surface area contributed by atoms with E-state index in [-0.39, 0.29) is 23.6 Å². The number of hydrogen-bond donors (Lipinski definition) is 0. The Bertz CT molecular complexity index is 726. The molecule has 0 aliphatic rings. The first-order valence-corrected chi connectivity index (χ1v) is 7.63. The number of nitriles is 1. The fraction of sp³-hybridized carbons (Fsp3) is 0.0714. The molecule has 0 saturated carbocycles. The van der Waals surface area contributed by atoms with Crippen LogP contribution in [-0.2, 0) is 6.61 Å². The third kappa shape index (κ3) is 3.92. The summed E-state index contributed by atoms with van der Waals surface area (Å²) in [6, 6.07) is 12.2. The summed E-state index contributed by atoms with van der Waals surface area (Å²) in [7, 11) is 0. The van der Waals surface area contributed by atoms with Gasteiger partial charge >= 0.3 is 5.69 Å². The molecule has 0 unspecified atom stereocenters. The van der Waals surface area contributed by atoms with Gasteiger partial charge in [0.1, 0.15) is 6.61 Å². The topological polar surface area (TPSA) is 76.2 Å². The van der Waals surface area contributed by atoms with Gasteiger partial charge in [0.15, 0.2) is 0 Å². The summed E-state index contributed by atoms with van der Waals surface area (Å²) < 4.78 is 7.07. The average molecular weight is 459 g/mol. The molecule has 0 radical (unpaired) electrons. The molecule has 21 heavy (non-hydrogen) atoms. The van der Waals surface area contributed by atoms with Crippen molar-refractivity contribution in [2.45, 2.75) is 6.61 Å². The molecule has 0 aromatic heterocycles. The van der Waals surface area contributed by atoms with Gasteiger partial charge in [-0.1, -0.05) is 28.1 Å². The van der Waals surface area contributed by atoms with Crippen LogP contribution in [0.25, 0.3) is 0 Å². The molecule has 5 nitrogen and oxygen atoms in total. The minimum atomic E-state index is -0.542. The Balaban J connectivity index is 2.29. The molecule has 0 bridgehead atoms. The van der Waals surface area contributed by atoms with Gasteiger partial charge in [0.05, 0.1) is 20.1 Å². The number of rotatable bonds is 4.